The fourth-order valence-electron chi connectivity index (χ4n) is 2.59. The Labute approximate surface area is 148 Å². The van der Waals surface area contributed by atoms with Crippen LogP contribution in [0.15, 0.2) is 99.9 Å². The third-order valence-electron chi connectivity index (χ3n) is 3.83. The van der Waals surface area contributed by atoms with Crippen molar-refractivity contribution in [3.05, 3.63) is 96.1 Å². The van der Waals surface area contributed by atoms with Crippen LogP contribution in [0.5, 0.6) is 0 Å². The van der Waals surface area contributed by atoms with E-state index in [0.717, 1.165) is 22.3 Å². The van der Waals surface area contributed by atoms with Crippen molar-refractivity contribution in [1.82, 2.24) is 0 Å². The van der Waals surface area contributed by atoms with Gasteiger partial charge < -0.3 is 0 Å². The first-order valence-corrected chi connectivity index (χ1v) is 8.05. The van der Waals surface area contributed by atoms with E-state index in [1.54, 1.807) is 7.05 Å². The Morgan fingerprint density at radius 2 is 1.28 bits per heavy atom. The largest absolute Gasteiger partial charge is 0.270 e. The predicted molar refractivity (Wildman–Crippen MR) is 107 cm³/mol. The maximum Gasteiger partial charge on any atom is 0.161 e. The van der Waals surface area contributed by atoms with E-state index in [0.29, 0.717) is 11.7 Å². The van der Waals surface area contributed by atoms with Crippen molar-refractivity contribution in [1.29, 1.82) is 0 Å². The number of amidine groups is 2. The summed E-state index contributed by atoms with van der Waals surface area (Å²) in [4.78, 5) is 13.0. The zero-order valence-electron chi connectivity index (χ0n) is 14.1. The first-order chi connectivity index (χ1) is 12.3. The molecule has 3 aromatic carbocycles. The van der Waals surface area contributed by atoms with E-state index in [1.165, 1.54) is 0 Å². The molecule has 0 N–H and O–H groups in total. The van der Waals surface area contributed by atoms with Crippen LogP contribution in [0, 0.1) is 0 Å². The lowest BCUT2D eigenvalue weighted by atomic mass is 10.0. The molecule has 3 nitrogen and oxygen atoms in total. The van der Waals surface area contributed by atoms with E-state index in [1.807, 2.05) is 60.7 Å². The van der Waals surface area contributed by atoms with Gasteiger partial charge in [-0.2, -0.15) is 0 Å². The molecule has 0 fully saturated rings. The SMILES string of the molecule is C=N/C(=N\C(=N/C)c1cccc(-c2ccccc2)c1)c1ccccc1. The highest BCUT2D eigenvalue weighted by Gasteiger charge is 2.07. The number of hydrogen-bond donors (Lipinski definition) is 0. The Kier molecular flexibility index (Phi) is 5.27. The van der Waals surface area contributed by atoms with Gasteiger partial charge in [0.2, 0.25) is 0 Å². The van der Waals surface area contributed by atoms with Crippen LogP contribution in [0.3, 0.4) is 0 Å². The number of benzene rings is 3. The van der Waals surface area contributed by atoms with Crippen LogP contribution in [-0.2, 0) is 0 Å². The van der Waals surface area contributed by atoms with Crippen molar-refractivity contribution in [3.8, 4) is 11.1 Å². The third-order valence-corrected chi connectivity index (χ3v) is 3.83. The molecule has 0 bridgehead atoms. The molecule has 0 aliphatic rings. The lowest BCUT2D eigenvalue weighted by Crippen LogP contribution is -2.04. The smallest absolute Gasteiger partial charge is 0.161 e. The van der Waals surface area contributed by atoms with Gasteiger partial charge in [0.25, 0.3) is 0 Å². The zero-order valence-corrected chi connectivity index (χ0v) is 14.1. The Morgan fingerprint density at radius 3 is 1.92 bits per heavy atom. The summed E-state index contributed by atoms with van der Waals surface area (Å²) in [6, 6.07) is 28.2. The molecule has 122 valence electrons. The molecule has 25 heavy (non-hydrogen) atoms. The molecule has 3 heteroatoms. The van der Waals surface area contributed by atoms with Gasteiger partial charge in [-0.1, -0.05) is 78.9 Å². The normalized spacial score (nSPS) is 12.0. The number of hydrogen-bond acceptors (Lipinski definition) is 1. The molecule has 0 saturated carbocycles. The van der Waals surface area contributed by atoms with Gasteiger partial charge in [-0.05, 0) is 23.9 Å². The lowest BCUT2D eigenvalue weighted by Gasteiger charge is -2.07. The summed E-state index contributed by atoms with van der Waals surface area (Å²) in [6.45, 7) is 3.65. The fourth-order valence-corrected chi connectivity index (χ4v) is 2.59. The van der Waals surface area contributed by atoms with Crippen LogP contribution in [0.4, 0.5) is 0 Å². The molecule has 0 spiro atoms. The van der Waals surface area contributed by atoms with Crippen LogP contribution >= 0.6 is 0 Å². The second kappa shape index (κ2) is 7.97. The van der Waals surface area contributed by atoms with Gasteiger partial charge in [-0.25, -0.2) is 9.98 Å². The molecule has 0 atom stereocenters. The lowest BCUT2D eigenvalue weighted by molar-refractivity contribution is 1.37. The van der Waals surface area contributed by atoms with E-state index >= 15 is 0 Å². The van der Waals surface area contributed by atoms with E-state index in [4.69, 9.17) is 0 Å². The predicted octanol–water partition coefficient (Wildman–Crippen LogP) is 4.88. The highest BCUT2D eigenvalue weighted by atomic mass is 15.0. The Balaban J connectivity index is 1.99. The fraction of sp³-hybridized carbons (Fsp3) is 0.0455. The third kappa shape index (κ3) is 3.96. The number of aliphatic imine (C=N–C) groups is 3. The van der Waals surface area contributed by atoms with Crippen molar-refractivity contribution in [2.24, 2.45) is 15.0 Å². The van der Waals surface area contributed by atoms with Crippen molar-refractivity contribution in [3.63, 3.8) is 0 Å². The second-order valence-electron chi connectivity index (χ2n) is 5.45. The molecule has 0 heterocycles. The van der Waals surface area contributed by atoms with Crippen molar-refractivity contribution in [2.75, 3.05) is 7.05 Å². The monoisotopic (exact) mass is 325 g/mol. The molecular formula is C22H19N3. The van der Waals surface area contributed by atoms with Crippen molar-refractivity contribution < 1.29 is 0 Å². The van der Waals surface area contributed by atoms with Crippen molar-refractivity contribution >= 4 is 18.4 Å². The molecule has 0 amide bonds. The van der Waals surface area contributed by atoms with Crippen LogP contribution in [0.2, 0.25) is 0 Å². The molecule has 0 aliphatic heterocycles. The first kappa shape index (κ1) is 16.5. The van der Waals surface area contributed by atoms with Gasteiger partial charge in [-0.15, -0.1) is 0 Å². The summed E-state index contributed by atoms with van der Waals surface area (Å²) in [5.41, 5.74) is 4.15. The van der Waals surface area contributed by atoms with Gasteiger partial charge in [0.15, 0.2) is 11.7 Å². The maximum absolute atomic E-state index is 4.63. The second-order valence-corrected chi connectivity index (χ2v) is 5.45. The van der Waals surface area contributed by atoms with E-state index < -0.39 is 0 Å². The Bertz CT molecular complexity index is 910. The molecule has 0 aliphatic carbocycles. The van der Waals surface area contributed by atoms with E-state index in [-0.39, 0.29) is 0 Å². The highest BCUT2D eigenvalue weighted by molar-refractivity contribution is 6.12. The van der Waals surface area contributed by atoms with Crippen LogP contribution in [0.1, 0.15) is 11.1 Å². The molecule has 3 aromatic rings. The van der Waals surface area contributed by atoms with E-state index in [9.17, 15) is 0 Å². The summed E-state index contributed by atoms with van der Waals surface area (Å²) in [5.74, 6) is 1.19. The standard InChI is InChI=1S/C22H19N3/c1-23-21(18-12-7-4-8-13-18)25-22(24-2)20-15-9-14-19(16-20)17-10-5-3-6-11-17/h3-16H,1H2,2H3/b24-22-,25-21-. The zero-order chi connectivity index (χ0) is 17.5. The van der Waals surface area contributed by atoms with Gasteiger partial charge in [0.1, 0.15) is 0 Å². The summed E-state index contributed by atoms with van der Waals surface area (Å²) in [7, 11) is 1.74. The first-order valence-electron chi connectivity index (χ1n) is 8.05. The minimum absolute atomic E-state index is 0.561. The number of rotatable bonds is 3. The highest BCUT2D eigenvalue weighted by Crippen LogP contribution is 2.20. The topological polar surface area (TPSA) is 37.1 Å². The van der Waals surface area contributed by atoms with Crippen LogP contribution in [-0.4, -0.2) is 25.4 Å². The van der Waals surface area contributed by atoms with Crippen LogP contribution in [0.25, 0.3) is 11.1 Å². The van der Waals surface area contributed by atoms with Gasteiger partial charge in [0.05, 0.1) is 0 Å². The summed E-state index contributed by atoms with van der Waals surface area (Å²) >= 11 is 0. The minimum atomic E-state index is 0.561. The molecule has 0 unspecified atom stereocenters. The average Bonchev–Trinajstić information content (AvgIpc) is 2.70. The van der Waals surface area contributed by atoms with E-state index in [2.05, 4.69) is 46.0 Å². The van der Waals surface area contributed by atoms with Gasteiger partial charge >= 0.3 is 0 Å². The molecule has 0 saturated heterocycles. The molecule has 0 radical (unpaired) electrons. The average molecular weight is 325 g/mol. The summed E-state index contributed by atoms with van der Waals surface area (Å²) in [6.07, 6.45) is 0. The van der Waals surface area contributed by atoms with Gasteiger partial charge in [-0.3, -0.25) is 4.99 Å². The Morgan fingerprint density at radius 1 is 0.680 bits per heavy atom. The molecular weight excluding hydrogens is 306 g/mol. The van der Waals surface area contributed by atoms with Gasteiger partial charge in [0, 0.05) is 18.2 Å². The molecule has 0 aromatic heterocycles. The Hall–Kier alpha value is -3.33. The maximum atomic E-state index is 4.63. The number of nitrogens with zero attached hydrogens (tertiary/aromatic N) is 3. The quantitative estimate of drug-likeness (QED) is 0.486. The summed E-state index contributed by atoms with van der Waals surface area (Å²) in [5, 5.41) is 0. The van der Waals surface area contributed by atoms with Crippen LogP contribution < -0.4 is 0 Å². The van der Waals surface area contributed by atoms with Crippen molar-refractivity contribution in [2.45, 2.75) is 0 Å². The summed E-state index contributed by atoms with van der Waals surface area (Å²) < 4.78 is 0. The molecule has 3 rings (SSSR count). The minimum Gasteiger partial charge on any atom is -0.270 e.